The third-order valence-corrected chi connectivity index (χ3v) is 6.30. The van der Waals surface area contributed by atoms with E-state index in [2.05, 4.69) is 32.9 Å². The predicted molar refractivity (Wildman–Crippen MR) is 90.5 cm³/mol. The highest BCUT2D eigenvalue weighted by Crippen LogP contribution is 2.53. The summed E-state index contributed by atoms with van der Waals surface area (Å²) in [4.78, 5) is 12.3. The summed E-state index contributed by atoms with van der Waals surface area (Å²) in [6.45, 7) is 7.07. The second kappa shape index (κ2) is 5.70. The van der Waals surface area contributed by atoms with Gasteiger partial charge in [-0.3, -0.25) is 0 Å². The summed E-state index contributed by atoms with van der Waals surface area (Å²) in [6.07, 6.45) is 10.7. The van der Waals surface area contributed by atoms with E-state index < -0.39 is 5.60 Å². The molecule has 4 nitrogen and oxygen atoms in total. The van der Waals surface area contributed by atoms with Crippen LogP contribution in [-0.4, -0.2) is 36.0 Å². The first-order chi connectivity index (χ1) is 11.4. The van der Waals surface area contributed by atoms with Gasteiger partial charge in [0.25, 0.3) is 0 Å². The molecule has 5 atom stereocenters. The highest BCUT2D eigenvalue weighted by molar-refractivity contribution is 5.85. The normalized spacial score (nSPS) is 45.5. The molecular formula is C20H28O4. The molecule has 0 aromatic carbocycles. The van der Waals surface area contributed by atoms with Gasteiger partial charge in [0.2, 0.25) is 0 Å². The maximum absolute atomic E-state index is 12.3. The number of carbonyl (C=O) groups excluding carboxylic acids is 1. The SMILES string of the molecule is CC1=CCCC2(C)OC2CC2C(CC(C)=CCC1)OC(=O)C21CO1. The molecule has 0 bridgehead atoms. The molecule has 1 aliphatic carbocycles. The molecule has 3 aliphatic heterocycles. The van der Waals surface area contributed by atoms with Gasteiger partial charge in [-0.15, -0.1) is 0 Å². The van der Waals surface area contributed by atoms with Crippen LogP contribution in [0.25, 0.3) is 0 Å². The molecule has 4 aliphatic rings. The van der Waals surface area contributed by atoms with E-state index in [4.69, 9.17) is 14.2 Å². The first kappa shape index (κ1) is 16.3. The Kier molecular flexibility index (Phi) is 3.88. The molecule has 0 amide bonds. The first-order valence-electron chi connectivity index (χ1n) is 9.27. The van der Waals surface area contributed by atoms with Crippen LogP contribution in [0.4, 0.5) is 0 Å². The van der Waals surface area contributed by atoms with Crippen molar-refractivity contribution in [3.63, 3.8) is 0 Å². The summed E-state index contributed by atoms with van der Waals surface area (Å²) in [6, 6.07) is 0. The van der Waals surface area contributed by atoms with Crippen LogP contribution >= 0.6 is 0 Å². The number of rotatable bonds is 0. The zero-order valence-corrected chi connectivity index (χ0v) is 15.0. The van der Waals surface area contributed by atoms with E-state index in [-0.39, 0.29) is 29.7 Å². The van der Waals surface area contributed by atoms with Crippen molar-refractivity contribution in [2.45, 2.75) is 82.7 Å². The van der Waals surface area contributed by atoms with E-state index >= 15 is 0 Å². The maximum Gasteiger partial charge on any atom is 0.341 e. The first-order valence-corrected chi connectivity index (χ1v) is 9.27. The summed E-state index contributed by atoms with van der Waals surface area (Å²) in [7, 11) is 0. The van der Waals surface area contributed by atoms with Gasteiger partial charge in [-0.2, -0.15) is 0 Å². The van der Waals surface area contributed by atoms with Crippen molar-refractivity contribution in [1.29, 1.82) is 0 Å². The summed E-state index contributed by atoms with van der Waals surface area (Å²) in [5.41, 5.74) is 2.05. The quantitative estimate of drug-likeness (QED) is 0.385. The molecule has 1 spiro atoms. The Labute approximate surface area is 144 Å². The van der Waals surface area contributed by atoms with Crippen molar-refractivity contribution in [1.82, 2.24) is 0 Å². The molecule has 3 fully saturated rings. The monoisotopic (exact) mass is 332 g/mol. The molecule has 3 saturated heterocycles. The Morgan fingerprint density at radius 1 is 1.17 bits per heavy atom. The lowest BCUT2D eigenvalue weighted by Gasteiger charge is -2.19. The second-order valence-corrected chi connectivity index (χ2v) is 8.27. The van der Waals surface area contributed by atoms with E-state index in [9.17, 15) is 4.79 Å². The number of epoxide rings is 2. The van der Waals surface area contributed by atoms with Crippen molar-refractivity contribution < 1.29 is 19.0 Å². The topological polar surface area (TPSA) is 51.4 Å². The average Bonchev–Trinajstić information content (AvgIpc) is 3.39. The van der Waals surface area contributed by atoms with Crippen molar-refractivity contribution in [2.75, 3.05) is 6.61 Å². The number of hydrogen-bond acceptors (Lipinski definition) is 4. The third-order valence-electron chi connectivity index (χ3n) is 6.30. The van der Waals surface area contributed by atoms with Crippen LogP contribution in [0.2, 0.25) is 0 Å². The number of hydrogen-bond donors (Lipinski definition) is 0. The molecule has 4 heteroatoms. The Morgan fingerprint density at radius 3 is 2.67 bits per heavy atom. The molecule has 24 heavy (non-hydrogen) atoms. The van der Waals surface area contributed by atoms with Gasteiger partial charge in [0, 0.05) is 12.3 Å². The van der Waals surface area contributed by atoms with Crippen molar-refractivity contribution >= 4 is 5.97 Å². The fraction of sp³-hybridized carbons (Fsp3) is 0.750. The van der Waals surface area contributed by atoms with Gasteiger partial charge < -0.3 is 14.2 Å². The van der Waals surface area contributed by atoms with Gasteiger partial charge in [0.05, 0.1) is 18.3 Å². The maximum atomic E-state index is 12.3. The summed E-state index contributed by atoms with van der Waals surface area (Å²) in [5.74, 6) is -0.0325. The van der Waals surface area contributed by atoms with Crippen LogP contribution in [-0.2, 0) is 19.0 Å². The highest BCUT2D eigenvalue weighted by Gasteiger charge is 2.69. The molecule has 0 aromatic rings. The van der Waals surface area contributed by atoms with E-state index in [0.717, 1.165) is 38.5 Å². The second-order valence-electron chi connectivity index (χ2n) is 8.27. The number of carbonyl (C=O) groups is 1. The Hall–Kier alpha value is -1.13. The number of esters is 1. The lowest BCUT2D eigenvalue weighted by atomic mass is 9.81. The highest BCUT2D eigenvalue weighted by atomic mass is 16.7. The number of allylic oxidation sites excluding steroid dienone is 3. The van der Waals surface area contributed by atoms with Crippen LogP contribution < -0.4 is 0 Å². The molecule has 4 rings (SSSR count). The smallest absolute Gasteiger partial charge is 0.341 e. The Bertz CT molecular complexity index is 601. The minimum atomic E-state index is -0.661. The van der Waals surface area contributed by atoms with Crippen molar-refractivity contribution in [2.24, 2.45) is 5.92 Å². The van der Waals surface area contributed by atoms with Crippen molar-refractivity contribution in [3.05, 3.63) is 23.3 Å². The molecule has 0 aromatic heterocycles. The van der Waals surface area contributed by atoms with Gasteiger partial charge in [-0.05, 0) is 52.9 Å². The number of fused-ring (bicyclic) bond motifs is 3. The van der Waals surface area contributed by atoms with Crippen LogP contribution in [0.15, 0.2) is 23.3 Å². The lowest BCUT2D eigenvalue weighted by molar-refractivity contribution is -0.145. The van der Waals surface area contributed by atoms with Gasteiger partial charge in [-0.1, -0.05) is 23.3 Å². The van der Waals surface area contributed by atoms with E-state index in [1.807, 2.05) is 0 Å². The Morgan fingerprint density at radius 2 is 1.92 bits per heavy atom. The van der Waals surface area contributed by atoms with E-state index in [0.29, 0.717) is 6.61 Å². The van der Waals surface area contributed by atoms with Gasteiger partial charge in [-0.25, -0.2) is 4.79 Å². The number of ether oxygens (including phenoxy) is 3. The average molecular weight is 332 g/mol. The fourth-order valence-electron chi connectivity index (χ4n) is 4.40. The van der Waals surface area contributed by atoms with Crippen LogP contribution in [0.3, 0.4) is 0 Å². The Balaban J connectivity index is 1.56. The zero-order valence-electron chi connectivity index (χ0n) is 15.0. The van der Waals surface area contributed by atoms with Gasteiger partial charge in [0.15, 0.2) is 5.60 Å². The minimum absolute atomic E-state index is 0.0436. The minimum Gasteiger partial charge on any atom is -0.459 e. The summed E-state index contributed by atoms with van der Waals surface area (Å²) < 4.78 is 17.4. The summed E-state index contributed by atoms with van der Waals surface area (Å²) >= 11 is 0. The van der Waals surface area contributed by atoms with Gasteiger partial charge in [0.1, 0.15) is 6.10 Å². The van der Waals surface area contributed by atoms with Crippen LogP contribution in [0, 0.1) is 5.92 Å². The molecular weight excluding hydrogens is 304 g/mol. The van der Waals surface area contributed by atoms with E-state index in [1.54, 1.807) is 0 Å². The molecule has 0 saturated carbocycles. The van der Waals surface area contributed by atoms with Crippen LogP contribution in [0.5, 0.6) is 0 Å². The molecule has 132 valence electrons. The standard InChI is InChI=1S/C20H28O4/c1-13-6-4-7-14(2)10-16-15(20(12-22-20)18(21)23-16)11-17-19(3,24-17)9-5-8-13/h7-8,15-17H,4-6,9-12H2,1-3H3. The fourth-order valence-corrected chi connectivity index (χ4v) is 4.40. The largest absolute Gasteiger partial charge is 0.459 e. The van der Waals surface area contributed by atoms with Crippen LogP contribution in [0.1, 0.15) is 59.3 Å². The molecule has 0 N–H and O–H groups in total. The third kappa shape index (κ3) is 2.84. The lowest BCUT2D eigenvalue weighted by Crippen LogP contribution is -2.31. The van der Waals surface area contributed by atoms with E-state index in [1.165, 1.54) is 11.1 Å². The molecule has 0 radical (unpaired) electrons. The summed E-state index contributed by atoms with van der Waals surface area (Å²) in [5, 5.41) is 0. The zero-order chi connectivity index (χ0) is 16.9. The molecule has 3 heterocycles. The molecule has 5 unspecified atom stereocenters. The van der Waals surface area contributed by atoms with Gasteiger partial charge >= 0.3 is 5.97 Å². The van der Waals surface area contributed by atoms with Crippen molar-refractivity contribution in [3.8, 4) is 0 Å². The predicted octanol–water partition coefficient (Wildman–Crippen LogP) is 3.70.